The third-order valence-corrected chi connectivity index (χ3v) is 4.18. The molecule has 2 N–H and O–H groups in total. The molecule has 3 rings (SSSR count). The molecule has 1 saturated carbocycles. The van der Waals surface area contributed by atoms with E-state index in [0.29, 0.717) is 6.54 Å². The van der Waals surface area contributed by atoms with Crippen LogP contribution in [0, 0.1) is 12.8 Å². The minimum atomic E-state index is -0.494. The standard InChI is InChI=1S/C16H19NO3/c1-10-11-5-2-3-8-14(11)20-15(10)9-17-16(19)12-6-4-7-13(12)18/h2-3,5,8,12-13,18H,4,6-7,9H2,1H3,(H,17,19). The van der Waals surface area contributed by atoms with E-state index in [1.807, 2.05) is 31.2 Å². The Balaban J connectivity index is 1.71. The Morgan fingerprint density at radius 3 is 2.90 bits per heavy atom. The number of amides is 1. The van der Waals surface area contributed by atoms with E-state index in [-0.39, 0.29) is 11.8 Å². The number of benzene rings is 1. The maximum Gasteiger partial charge on any atom is 0.226 e. The fraction of sp³-hybridized carbons (Fsp3) is 0.438. The molecule has 2 atom stereocenters. The van der Waals surface area contributed by atoms with Gasteiger partial charge in [0.05, 0.1) is 18.6 Å². The van der Waals surface area contributed by atoms with Gasteiger partial charge >= 0.3 is 0 Å². The van der Waals surface area contributed by atoms with Crippen LogP contribution in [0.5, 0.6) is 0 Å². The van der Waals surface area contributed by atoms with Crippen molar-refractivity contribution in [3.8, 4) is 0 Å². The summed E-state index contributed by atoms with van der Waals surface area (Å²) in [5, 5.41) is 13.7. The van der Waals surface area contributed by atoms with Crippen molar-refractivity contribution in [2.24, 2.45) is 5.92 Å². The van der Waals surface area contributed by atoms with Crippen molar-refractivity contribution >= 4 is 16.9 Å². The summed E-state index contributed by atoms with van der Waals surface area (Å²) in [5.41, 5.74) is 1.91. The van der Waals surface area contributed by atoms with Gasteiger partial charge in [0, 0.05) is 10.9 Å². The maximum absolute atomic E-state index is 12.0. The van der Waals surface area contributed by atoms with Gasteiger partial charge in [0.2, 0.25) is 5.91 Å². The number of aliphatic hydroxyl groups is 1. The molecule has 1 aromatic carbocycles. The van der Waals surface area contributed by atoms with E-state index in [1.165, 1.54) is 0 Å². The Labute approximate surface area is 117 Å². The second-order valence-corrected chi connectivity index (χ2v) is 5.47. The fourth-order valence-corrected chi connectivity index (χ4v) is 2.94. The number of hydrogen-bond donors (Lipinski definition) is 2. The third kappa shape index (κ3) is 2.31. The number of hydrogen-bond acceptors (Lipinski definition) is 3. The van der Waals surface area contributed by atoms with Crippen LogP contribution in [0.3, 0.4) is 0 Å². The molecule has 2 unspecified atom stereocenters. The summed E-state index contributed by atoms with van der Waals surface area (Å²) in [4.78, 5) is 12.0. The number of furan rings is 1. The molecule has 0 spiro atoms. The smallest absolute Gasteiger partial charge is 0.226 e. The van der Waals surface area contributed by atoms with Crippen LogP contribution >= 0.6 is 0 Å². The number of carbonyl (C=O) groups is 1. The van der Waals surface area contributed by atoms with Crippen molar-refractivity contribution in [2.75, 3.05) is 0 Å². The molecular formula is C16H19NO3. The topological polar surface area (TPSA) is 62.5 Å². The monoisotopic (exact) mass is 273 g/mol. The van der Waals surface area contributed by atoms with Crippen LogP contribution in [-0.4, -0.2) is 17.1 Å². The van der Waals surface area contributed by atoms with E-state index in [1.54, 1.807) is 0 Å². The second-order valence-electron chi connectivity index (χ2n) is 5.47. The SMILES string of the molecule is Cc1c(CNC(=O)C2CCCC2O)oc2ccccc12. The number of rotatable bonds is 3. The first kappa shape index (κ1) is 13.2. The molecule has 0 aliphatic heterocycles. The number of carbonyl (C=O) groups excluding carboxylic acids is 1. The average molecular weight is 273 g/mol. The molecule has 1 amide bonds. The molecule has 0 radical (unpaired) electrons. The fourth-order valence-electron chi connectivity index (χ4n) is 2.94. The summed E-state index contributed by atoms with van der Waals surface area (Å²) in [6.07, 6.45) is 1.92. The summed E-state index contributed by atoms with van der Waals surface area (Å²) in [7, 11) is 0. The number of aryl methyl sites for hydroxylation is 1. The first-order valence-corrected chi connectivity index (χ1v) is 7.09. The average Bonchev–Trinajstić information content (AvgIpc) is 3.01. The zero-order chi connectivity index (χ0) is 14.1. The lowest BCUT2D eigenvalue weighted by Gasteiger charge is -2.13. The molecule has 1 heterocycles. The van der Waals surface area contributed by atoms with Gasteiger partial charge in [0.1, 0.15) is 11.3 Å². The molecule has 1 aromatic heterocycles. The summed E-state index contributed by atoms with van der Waals surface area (Å²) in [6.45, 7) is 2.38. The number of aliphatic hydroxyl groups excluding tert-OH is 1. The lowest BCUT2D eigenvalue weighted by molar-refractivity contribution is -0.127. The van der Waals surface area contributed by atoms with Gasteiger partial charge in [-0.25, -0.2) is 0 Å². The van der Waals surface area contributed by atoms with Crippen molar-refractivity contribution < 1.29 is 14.3 Å². The Bertz CT molecular complexity index is 632. The molecule has 0 bridgehead atoms. The van der Waals surface area contributed by atoms with E-state index in [2.05, 4.69) is 5.32 Å². The van der Waals surface area contributed by atoms with Crippen LogP contribution in [0.4, 0.5) is 0 Å². The Morgan fingerprint density at radius 1 is 1.40 bits per heavy atom. The molecule has 0 saturated heterocycles. The molecular weight excluding hydrogens is 254 g/mol. The predicted octanol–water partition coefficient (Wildman–Crippen LogP) is 2.52. The molecule has 106 valence electrons. The summed E-state index contributed by atoms with van der Waals surface area (Å²) in [5.74, 6) is 0.446. The van der Waals surface area contributed by atoms with Gasteiger partial charge in [-0.3, -0.25) is 4.79 Å². The minimum Gasteiger partial charge on any atom is -0.459 e. The molecule has 1 fully saturated rings. The predicted molar refractivity (Wildman–Crippen MR) is 76.1 cm³/mol. The van der Waals surface area contributed by atoms with Gasteiger partial charge in [-0.15, -0.1) is 0 Å². The van der Waals surface area contributed by atoms with E-state index < -0.39 is 6.10 Å². The Kier molecular flexibility index (Phi) is 3.49. The van der Waals surface area contributed by atoms with E-state index in [0.717, 1.165) is 41.6 Å². The summed E-state index contributed by atoms with van der Waals surface area (Å²) < 4.78 is 5.76. The van der Waals surface area contributed by atoms with Crippen molar-refractivity contribution in [2.45, 2.75) is 38.8 Å². The Morgan fingerprint density at radius 2 is 2.20 bits per heavy atom. The summed E-state index contributed by atoms with van der Waals surface area (Å²) in [6, 6.07) is 7.85. The van der Waals surface area contributed by atoms with Gasteiger partial charge in [0.15, 0.2) is 0 Å². The van der Waals surface area contributed by atoms with Gasteiger partial charge in [-0.1, -0.05) is 18.2 Å². The van der Waals surface area contributed by atoms with Crippen molar-refractivity contribution in [3.05, 3.63) is 35.6 Å². The van der Waals surface area contributed by atoms with Crippen LogP contribution in [0.2, 0.25) is 0 Å². The maximum atomic E-state index is 12.0. The zero-order valence-electron chi connectivity index (χ0n) is 11.6. The van der Waals surface area contributed by atoms with Gasteiger partial charge in [-0.2, -0.15) is 0 Å². The molecule has 20 heavy (non-hydrogen) atoms. The second kappa shape index (κ2) is 5.29. The number of nitrogens with one attached hydrogen (secondary N) is 1. The molecule has 4 heteroatoms. The lowest BCUT2D eigenvalue weighted by atomic mass is 10.1. The lowest BCUT2D eigenvalue weighted by Crippen LogP contribution is -2.34. The zero-order valence-corrected chi connectivity index (χ0v) is 11.6. The highest BCUT2D eigenvalue weighted by Crippen LogP contribution is 2.27. The third-order valence-electron chi connectivity index (χ3n) is 4.18. The molecule has 1 aliphatic rings. The Hall–Kier alpha value is -1.81. The van der Waals surface area contributed by atoms with Crippen molar-refractivity contribution in [3.63, 3.8) is 0 Å². The van der Waals surface area contributed by atoms with Crippen LogP contribution in [-0.2, 0) is 11.3 Å². The van der Waals surface area contributed by atoms with Crippen LogP contribution in [0.25, 0.3) is 11.0 Å². The van der Waals surface area contributed by atoms with Gasteiger partial charge < -0.3 is 14.8 Å². The largest absolute Gasteiger partial charge is 0.459 e. The van der Waals surface area contributed by atoms with Gasteiger partial charge in [-0.05, 0) is 32.3 Å². The minimum absolute atomic E-state index is 0.0742. The van der Waals surface area contributed by atoms with Crippen molar-refractivity contribution in [1.29, 1.82) is 0 Å². The summed E-state index contributed by atoms with van der Waals surface area (Å²) >= 11 is 0. The van der Waals surface area contributed by atoms with E-state index >= 15 is 0 Å². The number of para-hydroxylation sites is 1. The van der Waals surface area contributed by atoms with Crippen LogP contribution < -0.4 is 5.32 Å². The first-order valence-electron chi connectivity index (χ1n) is 7.09. The molecule has 1 aliphatic carbocycles. The quantitative estimate of drug-likeness (QED) is 0.903. The molecule has 2 aromatic rings. The molecule has 4 nitrogen and oxygen atoms in total. The number of fused-ring (bicyclic) bond motifs is 1. The highest BCUT2D eigenvalue weighted by molar-refractivity contribution is 5.82. The normalized spacial score (nSPS) is 22.3. The van der Waals surface area contributed by atoms with Crippen LogP contribution in [0.15, 0.2) is 28.7 Å². The highest BCUT2D eigenvalue weighted by Gasteiger charge is 2.31. The van der Waals surface area contributed by atoms with Crippen molar-refractivity contribution in [1.82, 2.24) is 5.32 Å². The van der Waals surface area contributed by atoms with E-state index in [4.69, 9.17) is 4.42 Å². The van der Waals surface area contributed by atoms with Crippen LogP contribution in [0.1, 0.15) is 30.6 Å². The highest BCUT2D eigenvalue weighted by atomic mass is 16.3. The first-order chi connectivity index (χ1) is 9.66. The van der Waals surface area contributed by atoms with E-state index in [9.17, 15) is 9.90 Å². The van der Waals surface area contributed by atoms with Gasteiger partial charge in [0.25, 0.3) is 0 Å².